The van der Waals surface area contributed by atoms with Crippen LogP contribution in [-0.2, 0) is 23.6 Å². The first-order valence-electron chi connectivity index (χ1n) is 17.5. The van der Waals surface area contributed by atoms with Crippen LogP contribution in [0.15, 0.2) is 47.3 Å². The van der Waals surface area contributed by atoms with Gasteiger partial charge in [0.1, 0.15) is 6.04 Å². The van der Waals surface area contributed by atoms with E-state index in [0.29, 0.717) is 68.6 Å². The van der Waals surface area contributed by atoms with Crippen LogP contribution in [0.4, 0.5) is 36.8 Å². The quantitative estimate of drug-likeness (QED) is 0.198. The number of alkyl halides is 6. The van der Waals surface area contributed by atoms with Crippen LogP contribution < -0.4 is 22.1 Å². The van der Waals surface area contributed by atoms with E-state index in [1.54, 1.807) is 0 Å². The van der Waals surface area contributed by atoms with Gasteiger partial charge in [-0.2, -0.15) is 26.3 Å². The summed E-state index contributed by atoms with van der Waals surface area (Å²) in [6.45, 7) is 2.89. The van der Waals surface area contributed by atoms with E-state index >= 15 is 0 Å². The molecule has 282 valence electrons. The number of H-pyrrole nitrogens is 1. The van der Waals surface area contributed by atoms with Gasteiger partial charge in [-0.25, -0.2) is 14.3 Å². The molecule has 3 aliphatic rings. The molecule has 3 amide bonds. The summed E-state index contributed by atoms with van der Waals surface area (Å²) in [7, 11) is 0. The second-order valence-corrected chi connectivity index (χ2v) is 13.9. The van der Waals surface area contributed by atoms with Crippen molar-refractivity contribution >= 4 is 17.6 Å². The van der Waals surface area contributed by atoms with Gasteiger partial charge in [-0.1, -0.05) is 30.3 Å². The van der Waals surface area contributed by atoms with Gasteiger partial charge in [0.15, 0.2) is 5.82 Å². The lowest BCUT2D eigenvalue weighted by molar-refractivity contribution is -0.141. The number of nitrogens with zero attached hydrogens (tertiary/aromatic N) is 4. The monoisotopic (exact) mass is 736 g/mol. The molecular weight excluding hydrogens is 694 g/mol. The van der Waals surface area contributed by atoms with Crippen molar-refractivity contribution in [3.63, 3.8) is 0 Å². The number of anilines is 1. The fourth-order valence-corrected chi connectivity index (χ4v) is 7.73. The average molecular weight is 737 g/mol. The standard InChI is InChI=1S/C35H42F6N8O3/c36-34(37,38)26-18-21(19-27(29(26)42)35(39,40)41)20-28(31(50)47-14-8-23(9-15-47)22-6-12-43-13-7-22)44-32(51)48-16-10-25(11-17-48)49-33(52)45-30(46-49)24-4-2-1-3-5-24/h1-5,18-19,22-23,25,28,43H,6-17,20,42H2,(H,44,51)(H,45,46,52)/t28-/m1/s1. The Labute approximate surface area is 295 Å². The van der Waals surface area contributed by atoms with Crippen LogP contribution in [-0.4, -0.2) is 81.8 Å². The van der Waals surface area contributed by atoms with Crippen molar-refractivity contribution in [3.05, 3.63) is 69.6 Å². The third kappa shape index (κ3) is 8.40. The fourth-order valence-electron chi connectivity index (χ4n) is 7.73. The zero-order chi connectivity index (χ0) is 37.2. The van der Waals surface area contributed by atoms with Crippen LogP contribution in [0.3, 0.4) is 0 Å². The van der Waals surface area contributed by atoms with Gasteiger partial charge in [0.2, 0.25) is 5.91 Å². The molecule has 1 atom stereocenters. The van der Waals surface area contributed by atoms with Crippen LogP contribution in [0.2, 0.25) is 0 Å². The number of amides is 3. The number of rotatable bonds is 7. The van der Waals surface area contributed by atoms with Crippen molar-refractivity contribution in [2.24, 2.45) is 11.8 Å². The summed E-state index contributed by atoms with van der Waals surface area (Å²) in [5.41, 5.74) is 0.456. The van der Waals surface area contributed by atoms with E-state index in [2.05, 4.69) is 20.7 Å². The van der Waals surface area contributed by atoms with E-state index in [1.165, 1.54) is 14.5 Å². The third-order valence-corrected chi connectivity index (χ3v) is 10.6. The van der Waals surface area contributed by atoms with Crippen molar-refractivity contribution in [2.45, 2.75) is 69.4 Å². The van der Waals surface area contributed by atoms with Crippen LogP contribution in [0, 0.1) is 11.8 Å². The number of nitrogen functional groups attached to an aromatic ring is 1. The molecule has 0 saturated carbocycles. The van der Waals surface area contributed by atoms with Gasteiger partial charge in [0, 0.05) is 38.2 Å². The Kier molecular flexibility index (Phi) is 10.9. The average Bonchev–Trinajstić information content (AvgIpc) is 3.53. The summed E-state index contributed by atoms with van der Waals surface area (Å²) < 4.78 is 84.5. The van der Waals surface area contributed by atoms with Crippen molar-refractivity contribution in [2.75, 3.05) is 45.0 Å². The van der Waals surface area contributed by atoms with Gasteiger partial charge in [-0.3, -0.25) is 9.78 Å². The van der Waals surface area contributed by atoms with Gasteiger partial charge in [-0.15, -0.1) is 5.10 Å². The maximum Gasteiger partial charge on any atom is 0.418 e. The molecule has 0 spiro atoms. The highest BCUT2D eigenvalue weighted by atomic mass is 19.4. The molecule has 4 heterocycles. The summed E-state index contributed by atoms with van der Waals surface area (Å²) in [6, 6.07) is 7.63. The largest absolute Gasteiger partial charge is 0.418 e. The summed E-state index contributed by atoms with van der Waals surface area (Å²) >= 11 is 0. The molecular formula is C35H42F6N8O3. The molecule has 3 fully saturated rings. The zero-order valence-corrected chi connectivity index (χ0v) is 28.4. The molecule has 0 bridgehead atoms. The molecule has 5 N–H and O–H groups in total. The van der Waals surface area contributed by atoms with Crippen molar-refractivity contribution in [1.29, 1.82) is 0 Å². The van der Waals surface area contributed by atoms with Crippen LogP contribution >= 0.6 is 0 Å². The van der Waals surface area contributed by atoms with E-state index < -0.39 is 64.8 Å². The molecule has 0 unspecified atom stereocenters. The highest BCUT2D eigenvalue weighted by molar-refractivity contribution is 5.87. The number of aromatic nitrogens is 3. The van der Waals surface area contributed by atoms with E-state index in [9.17, 15) is 40.7 Å². The first-order chi connectivity index (χ1) is 24.7. The minimum Gasteiger partial charge on any atom is -0.398 e. The number of carbonyl (C=O) groups excluding carboxylic acids is 2. The number of likely N-dealkylation sites (tertiary alicyclic amines) is 2. The second kappa shape index (κ2) is 15.2. The van der Waals surface area contributed by atoms with E-state index in [4.69, 9.17) is 5.73 Å². The first-order valence-corrected chi connectivity index (χ1v) is 17.5. The molecule has 6 rings (SSSR count). The third-order valence-electron chi connectivity index (χ3n) is 10.6. The van der Waals surface area contributed by atoms with Gasteiger partial charge in [-0.05, 0) is 81.1 Å². The SMILES string of the molecule is Nc1c(C(F)(F)F)cc(C[C@@H](NC(=O)N2CCC(n3nc(-c4ccccc4)[nH]c3=O)CC2)C(=O)N2CCC(C3CCNCC3)CC2)cc1C(F)(F)F. The smallest absolute Gasteiger partial charge is 0.398 e. The summed E-state index contributed by atoms with van der Waals surface area (Å²) in [6.07, 6.45) is -6.85. The number of benzene rings is 2. The molecule has 1 aromatic heterocycles. The van der Waals surface area contributed by atoms with Crippen molar-refractivity contribution < 1.29 is 35.9 Å². The number of hydrogen-bond acceptors (Lipinski definition) is 6. The molecule has 0 radical (unpaired) electrons. The number of halogens is 6. The van der Waals surface area contributed by atoms with Crippen molar-refractivity contribution in [3.8, 4) is 11.4 Å². The number of nitrogens with one attached hydrogen (secondary N) is 3. The predicted molar refractivity (Wildman–Crippen MR) is 180 cm³/mol. The number of hydrogen-bond donors (Lipinski definition) is 4. The Morgan fingerprint density at radius 2 is 1.40 bits per heavy atom. The van der Waals surface area contributed by atoms with Crippen LogP contribution in [0.25, 0.3) is 11.4 Å². The highest BCUT2D eigenvalue weighted by Crippen LogP contribution is 2.42. The zero-order valence-electron chi connectivity index (χ0n) is 28.4. The van der Waals surface area contributed by atoms with Gasteiger partial charge >= 0.3 is 24.1 Å². The molecule has 11 nitrogen and oxygen atoms in total. The summed E-state index contributed by atoms with van der Waals surface area (Å²) in [5, 5.41) is 10.4. The molecule has 52 heavy (non-hydrogen) atoms. The fraction of sp³-hybridized carbons (Fsp3) is 0.543. The van der Waals surface area contributed by atoms with E-state index in [1.807, 2.05) is 30.3 Å². The molecule has 3 aromatic rings. The maximum absolute atomic E-state index is 14.0. The Bertz CT molecular complexity index is 1740. The molecule has 3 saturated heterocycles. The summed E-state index contributed by atoms with van der Waals surface area (Å²) in [5.74, 6) is 0.724. The lowest BCUT2D eigenvalue weighted by atomic mass is 9.79. The molecule has 17 heteroatoms. The number of urea groups is 1. The van der Waals surface area contributed by atoms with Gasteiger partial charge < -0.3 is 26.2 Å². The topological polar surface area (TPSA) is 141 Å². The minimum atomic E-state index is -5.19. The molecule has 0 aliphatic carbocycles. The van der Waals surface area contributed by atoms with E-state index in [0.717, 1.165) is 31.5 Å². The number of carbonyl (C=O) groups is 2. The van der Waals surface area contributed by atoms with Crippen LogP contribution in [0.1, 0.15) is 61.3 Å². The predicted octanol–water partition coefficient (Wildman–Crippen LogP) is 5.05. The minimum absolute atomic E-state index is 0.164. The lowest BCUT2D eigenvalue weighted by Crippen LogP contribution is -2.55. The number of aromatic amines is 1. The Balaban J connectivity index is 1.19. The van der Waals surface area contributed by atoms with Crippen LogP contribution in [0.5, 0.6) is 0 Å². The molecule has 3 aliphatic heterocycles. The Morgan fingerprint density at radius 1 is 0.846 bits per heavy atom. The highest BCUT2D eigenvalue weighted by Gasteiger charge is 2.42. The lowest BCUT2D eigenvalue weighted by Gasteiger charge is -2.39. The van der Waals surface area contributed by atoms with Crippen molar-refractivity contribution in [1.82, 2.24) is 35.2 Å². The molecule has 2 aromatic carbocycles. The second-order valence-electron chi connectivity index (χ2n) is 13.9. The number of nitrogens with two attached hydrogens (primary N) is 1. The van der Waals surface area contributed by atoms with E-state index in [-0.39, 0.29) is 19.1 Å². The van der Waals surface area contributed by atoms with Gasteiger partial charge in [0.05, 0.1) is 22.9 Å². The normalized spacial score (nSPS) is 19.1. The first kappa shape index (κ1) is 37.2. The maximum atomic E-state index is 14.0. The Hall–Kier alpha value is -4.54. The number of piperidine rings is 3. The Morgan fingerprint density at radius 3 is 1.98 bits per heavy atom. The summed E-state index contributed by atoms with van der Waals surface area (Å²) in [4.78, 5) is 46.0. The van der Waals surface area contributed by atoms with Gasteiger partial charge in [0.25, 0.3) is 0 Å².